The lowest BCUT2D eigenvalue weighted by Gasteiger charge is -2.02. The van der Waals surface area contributed by atoms with Gasteiger partial charge < -0.3 is 0 Å². The fraction of sp³-hybridized carbons (Fsp3) is 0.143. The van der Waals surface area contributed by atoms with Crippen molar-refractivity contribution in [3.8, 4) is 0 Å². The number of halogens is 1. The van der Waals surface area contributed by atoms with E-state index in [9.17, 15) is 0 Å². The van der Waals surface area contributed by atoms with Gasteiger partial charge in [0.2, 0.25) is 0 Å². The van der Waals surface area contributed by atoms with Crippen LogP contribution in [0.15, 0.2) is 59.1 Å². The molecule has 0 amide bonds. The van der Waals surface area contributed by atoms with E-state index in [0.29, 0.717) is 0 Å². The summed E-state index contributed by atoms with van der Waals surface area (Å²) in [5, 5.41) is 0. The third-order valence-electron chi connectivity index (χ3n) is 2.29. The van der Waals surface area contributed by atoms with Crippen LogP contribution in [0.1, 0.15) is 11.1 Å². The highest BCUT2D eigenvalue weighted by atomic mass is 79.9. The zero-order valence-electron chi connectivity index (χ0n) is 9.30. The molecule has 0 aliphatic heterocycles. The molecular weight excluding hydrogens is 312 g/mol. The van der Waals surface area contributed by atoms with Crippen molar-refractivity contribution < 1.29 is 0 Å². The summed E-state index contributed by atoms with van der Waals surface area (Å²) in [6, 6.07) is 19.1. The molecule has 17 heavy (non-hydrogen) atoms. The van der Waals surface area contributed by atoms with Crippen LogP contribution in [0, 0.1) is 0 Å². The van der Waals surface area contributed by atoms with Crippen molar-refractivity contribution in [3.05, 3.63) is 70.2 Å². The molecule has 0 saturated carbocycles. The Hall–Kier alpha value is -0.380. The largest absolute Gasteiger partial charge is 0.0890 e. The lowest BCUT2D eigenvalue weighted by Crippen LogP contribution is -1.79. The summed E-state index contributed by atoms with van der Waals surface area (Å²) in [5.74, 6) is 2.13. The van der Waals surface area contributed by atoms with Crippen molar-refractivity contribution >= 4 is 37.5 Å². The van der Waals surface area contributed by atoms with Crippen LogP contribution in [-0.2, 0) is 11.5 Å². The van der Waals surface area contributed by atoms with Crippen molar-refractivity contribution in [1.82, 2.24) is 0 Å². The Labute approximate surface area is 119 Å². The average molecular weight is 325 g/mol. The molecule has 0 unspecified atom stereocenters. The Morgan fingerprint density at radius 2 is 1.24 bits per heavy atom. The first kappa shape index (κ1) is 13.1. The van der Waals surface area contributed by atoms with E-state index < -0.39 is 0 Å². The summed E-state index contributed by atoms with van der Waals surface area (Å²) in [6.07, 6.45) is 0. The molecule has 0 radical (unpaired) electrons. The van der Waals surface area contributed by atoms with E-state index >= 15 is 0 Å². The summed E-state index contributed by atoms with van der Waals surface area (Å²) in [6.45, 7) is 0. The van der Waals surface area contributed by atoms with Crippen LogP contribution in [0.4, 0.5) is 0 Å². The van der Waals surface area contributed by atoms with Gasteiger partial charge in [-0.3, -0.25) is 0 Å². The van der Waals surface area contributed by atoms with Gasteiger partial charge in [0, 0.05) is 16.0 Å². The molecule has 3 heteroatoms. The average Bonchev–Trinajstić information content (AvgIpc) is 2.38. The van der Waals surface area contributed by atoms with E-state index in [1.54, 1.807) is 0 Å². The van der Waals surface area contributed by atoms with Gasteiger partial charge in [-0.15, -0.1) is 0 Å². The summed E-state index contributed by atoms with van der Waals surface area (Å²) < 4.78 is 1.14. The van der Waals surface area contributed by atoms with Crippen LogP contribution in [0.25, 0.3) is 0 Å². The Morgan fingerprint density at radius 3 is 1.82 bits per heavy atom. The number of hydrogen-bond acceptors (Lipinski definition) is 2. The van der Waals surface area contributed by atoms with Gasteiger partial charge in [0.25, 0.3) is 0 Å². The number of rotatable bonds is 5. The van der Waals surface area contributed by atoms with Gasteiger partial charge in [0.1, 0.15) is 0 Å². The van der Waals surface area contributed by atoms with Gasteiger partial charge in [0.05, 0.1) is 0 Å². The number of benzene rings is 2. The summed E-state index contributed by atoms with van der Waals surface area (Å²) in [4.78, 5) is 0. The second-order valence-corrected chi connectivity index (χ2v) is 7.02. The Kier molecular flexibility index (Phi) is 5.49. The normalized spacial score (nSPS) is 10.4. The van der Waals surface area contributed by atoms with Crippen LogP contribution >= 0.6 is 37.5 Å². The summed E-state index contributed by atoms with van der Waals surface area (Å²) in [7, 11) is 3.82. The minimum Gasteiger partial charge on any atom is -0.0890 e. The molecule has 0 saturated heterocycles. The van der Waals surface area contributed by atoms with Gasteiger partial charge in [-0.05, 0) is 23.3 Å². The maximum Gasteiger partial charge on any atom is 0.0288 e. The molecule has 88 valence electrons. The molecule has 2 aromatic carbocycles. The Morgan fingerprint density at radius 1 is 0.706 bits per heavy atom. The molecule has 0 aliphatic rings. The molecule has 0 fully saturated rings. The fourth-order valence-corrected chi connectivity index (χ4v) is 3.78. The van der Waals surface area contributed by atoms with E-state index in [1.807, 2.05) is 21.6 Å². The minimum absolute atomic E-state index is 1.06. The monoisotopic (exact) mass is 324 g/mol. The molecule has 0 N–H and O–H groups in total. The minimum atomic E-state index is 1.06. The molecule has 0 aliphatic carbocycles. The zero-order chi connectivity index (χ0) is 11.9. The molecule has 0 atom stereocenters. The molecule has 0 nitrogen and oxygen atoms in total. The predicted octanol–water partition coefficient (Wildman–Crippen LogP) is 5.53. The fourth-order valence-electron chi connectivity index (χ4n) is 1.37. The second-order valence-electron chi connectivity index (χ2n) is 3.64. The van der Waals surface area contributed by atoms with Crippen LogP contribution in [-0.4, -0.2) is 0 Å². The van der Waals surface area contributed by atoms with Gasteiger partial charge in [0.15, 0.2) is 0 Å². The second kappa shape index (κ2) is 7.14. The smallest absolute Gasteiger partial charge is 0.0288 e. The Bertz CT molecular complexity index is 440. The first-order valence-corrected chi connectivity index (χ1v) is 8.65. The highest BCUT2D eigenvalue weighted by Gasteiger charge is 1.96. The van der Waals surface area contributed by atoms with Gasteiger partial charge in [-0.1, -0.05) is 80.0 Å². The van der Waals surface area contributed by atoms with Crippen molar-refractivity contribution in [2.75, 3.05) is 0 Å². The summed E-state index contributed by atoms with van der Waals surface area (Å²) >= 11 is 3.45. The third kappa shape index (κ3) is 4.78. The van der Waals surface area contributed by atoms with Crippen LogP contribution in [0.2, 0.25) is 0 Å². The molecule has 0 spiro atoms. The predicted molar refractivity (Wildman–Crippen MR) is 83.2 cm³/mol. The Balaban J connectivity index is 1.71. The lowest BCUT2D eigenvalue weighted by atomic mass is 10.2. The van der Waals surface area contributed by atoms with Crippen molar-refractivity contribution in [2.45, 2.75) is 11.5 Å². The molecule has 0 aromatic heterocycles. The standard InChI is InChI=1S/C14H13BrS2/c15-14-8-6-13(7-9-14)11-17-16-10-12-4-2-1-3-5-12/h1-9H,10-11H2. The molecular formula is C14H13BrS2. The zero-order valence-corrected chi connectivity index (χ0v) is 12.5. The first-order valence-electron chi connectivity index (χ1n) is 5.37. The maximum atomic E-state index is 3.45. The van der Waals surface area contributed by atoms with E-state index in [0.717, 1.165) is 16.0 Å². The third-order valence-corrected chi connectivity index (χ3v) is 5.10. The summed E-state index contributed by atoms with van der Waals surface area (Å²) in [5.41, 5.74) is 2.76. The van der Waals surface area contributed by atoms with Crippen LogP contribution in [0.5, 0.6) is 0 Å². The van der Waals surface area contributed by atoms with Crippen LogP contribution < -0.4 is 0 Å². The topological polar surface area (TPSA) is 0 Å². The number of hydrogen-bond donors (Lipinski definition) is 0. The van der Waals surface area contributed by atoms with E-state index in [-0.39, 0.29) is 0 Å². The van der Waals surface area contributed by atoms with Crippen molar-refractivity contribution in [1.29, 1.82) is 0 Å². The van der Waals surface area contributed by atoms with Crippen molar-refractivity contribution in [2.24, 2.45) is 0 Å². The molecule has 2 aromatic rings. The van der Waals surface area contributed by atoms with Gasteiger partial charge in [-0.25, -0.2) is 0 Å². The van der Waals surface area contributed by atoms with Gasteiger partial charge >= 0.3 is 0 Å². The molecule has 2 rings (SSSR count). The van der Waals surface area contributed by atoms with Crippen LogP contribution in [0.3, 0.4) is 0 Å². The molecule has 0 heterocycles. The lowest BCUT2D eigenvalue weighted by molar-refractivity contribution is 1.41. The molecule has 0 bridgehead atoms. The quantitative estimate of drug-likeness (QED) is 0.523. The van der Waals surface area contributed by atoms with E-state index in [1.165, 1.54) is 11.1 Å². The van der Waals surface area contributed by atoms with Gasteiger partial charge in [-0.2, -0.15) is 0 Å². The maximum absolute atomic E-state index is 3.45. The SMILES string of the molecule is Brc1ccc(CSSCc2ccccc2)cc1. The van der Waals surface area contributed by atoms with E-state index in [2.05, 4.69) is 70.5 Å². The van der Waals surface area contributed by atoms with E-state index in [4.69, 9.17) is 0 Å². The first-order chi connectivity index (χ1) is 8.34. The van der Waals surface area contributed by atoms with Crippen molar-refractivity contribution in [3.63, 3.8) is 0 Å². The highest BCUT2D eigenvalue weighted by Crippen LogP contribution is 2.29. The highest BCUT2D eigenvalue weighted by molar-refractivity contribution is 9.10.